The van der Waals surface area contributed by atoms with Gasteiger partial charge in [-0.3, -0.25) is 53.4 Å². The first-order valence-corrected chi connectivity index (χ1v) is 18.3. The maximum atomic E-state index is 13.8. The summed E-state index contributed by atoms with van der Waals surface area (Å²) in [7, 11) is 0. The zero-order chi connectivity index (χ0) is 41.5. The molecule has 0 unspecified atom stereocenters. The highest BCUT2D eigenvalue weighted by Crippen LogP contribution is 2.31. The number of pyridine rings is 1. The van der Waals surface area contributed by atoms with Crippen molar-refractivity contribution in [2.24, 2.45) is 0 Å². The Bertz CT molecular complexity index is 1780. The Morgan fingerprint density at radius 3 is 1.89 bits per heavy atom. The molecule has 19 nitrogen and oxygen atoms in total. The number of nitriles is 1. The van der Waals surface area contributed by atoms with E-state index in [2.05, 4.69) is 15.6 Å². The number of carboxylic acids is 3. The van der Waals surface area contributed by atoms with E-state index >= 15 is 0 Å². The van der Waals surface area contributed by atoms with Gasteiger partial charge in [-0.15, -0.1) is 0 Å². The highest BCUT2D eigenvalue weighted by molar-refractivity contribution is 6.07. The van der Waals surface area contributed by atoms with Crippen LogP contribution < -0.4 is 15.4 Å². The molecule has 2 aliphatic heterocycles. The molecule has 0 spiro atoms. The molecule has 21 heteroatoms. The van der Waals surface area contributed by atoms with Crippen LogP contribution in [-0.4, -0.2) is 197 Å². The lowest BCUT2D eigenvalue weighted by molar-refractivity contribution is -0.140. The van der Waals surface area contributed by atoms with Gasteiger partial charge in [-0.05, 0) is 30.7 Å². The van der Waals surface area contributed by atoms with Gasteiger partial charge >= 0.3 is 17.9 Å². The maximum absolute atomic E-state index is 13.8. The minimum absolute atomic E-state index is 0.0364. The van der Waals surface area contributed by atoms with E-state index in [0.29, 0.717) is 36.2 Å². The smallest absolute Gasteiger partial charge is 0.317 e. The topological polar surface area (TPSA) is 249 Å². The fourth-order valence-corrected chi connectivity index (χ4v) is 6.49. The van der Waals surface area contributed by atoms with Crippen molar-refractivity contribution < 1.29 is 57.6 Å². The van der Waals surface area contributed by atoms with Crippen LogP contribution in [0.2, 0.25) is 0 Å². The van der Waals surface area contributed by atoms with Crippen molar-refractivity contribution in [3.05, 3.63) is 36.0 Å². The van der Waals surface area contributed by atoms with Gasteiger partial charge in [0.15, 0.2) is 0 Å². The van der Waals surface area contributed by atoms with Crippen LogP contribution in [0.4, 0.5) is 8.78 Å². The number of ether oxygens (including phenoxy) is 1. The number of hydrogen-bond donors (Lipinski definition) is 5. The molecule has 0 aliphatic carbocycles. The van der Waals surface area contributed by atoms with Crippen LogP contribution in [0.25, 0.3) is 10.9 Å². The monoisotopic (exact) mass is 803 g/mol. The molecule has 310 valence electrons. The number of carbonyl (C=O) groups excluding carboxylic acids is 3. The summed E-state index contributed by atoms with van der Waals surface area (Å²) in [6.45, 7) is 0.281. The van der Waals surface area contributed by atoms with Crippen LogP contribution in [0.3, 0.4) is 0 Å². The number of rotatable bonds is 16. The highest BCUT2D eigenvalue weighted by atomic mass is 19.3. The Kier molecular flexibility index (Phi) is 16.3. The molecule has 3 amide bonds. The molecule has 5 N–H and O–H groups in total. The molecule has 2 saturated heterocycles. The van der Waals surface area contributed by atoms with E-state index in [1.807, 2.05) is 4.90 Å². The molecule has 1 aromatic heterocycles. The van der Waals surface area contributed by atoms with E-state index < -0.39 is 61.2 Å². The first-order chi connectivity index (χ1) is 27.1. The number of fused-ring (bicyclic) bond motifs is 1. The van der Waals surface area contributed by atoms with Crippen LogP contribution in [-0.2, 0) is 24.0 Å². The Labute approximate surface area is 326 Å². The van der Waals surface area contributed by atoms with Crippen molar-refractivity contribution in [1.82, 2.24) is 40.1 Å². The third-order valence-electron chi connectivity index (χ3n) is 9.38. The molecule has 0 radical (unpaired) electrons. The number of benzene rings is 1. The van der Waals surface area contributed by atoms with Gasteiger partial charge in [0.1, 0.15) is 11.8 Å². The fourth-order valence-electron chi connectivity index (χ4n) is 6.49. The zero-order valence-corrected chi connectivity index (χ0v) is 31.3. The third kappa shape index (κ3) is 14.5. The zero-order valence-electron chi connectivity index (χ0n) is 31.3. The number of alkyl halides is 2. The summed E-state index contributed by atoms with van der Waals surface area (Å²) in [4.78, 5) is 84.9. The van der Waals surface area contributed by atoms with Gasteiger partial charge in [0.05, 0.1) is 63.0 Å². The quantitative estimate of drug-likeness (QED) is 0.129. The minimum Gasteiger partial charge on any atom is -0.494 e. The van der Waals surface area contributed by atoms with Gasteiger partial charge in [-0.25, -0.2) is 8.78 Å². The molecule has 57 heavy (non-hydrogen) atoms. The lowest BCUT2D eigenvalue weighted by atomic mass is 10.1. The molecule has 2 aromatic rings. The first-order valence-electron chi connectivity index (χ1n) is 18.3. The Morgan fingerprint density at radius 1 is 0.825 bits per heavy atom. The molecule has 1 atom stereocenters. The van der Waals surface area contributed by atoms with Gasteiger partial charge in [-0.2, -0.15) is 5.26 Å². The molecule has 2 aliphatic rings. The average molecular weight is 804 g/mol. The van der Waals surface area contributed by atoms with E-state index in [1.54, 1.807) is 39.0 Å². The van der Waals surface area contributed by atoms with E-state index in [9.17, 15) is 52.9 Å². The number of nitrogens with zero attached hydrogens (tertiary/aromatic N) is 7. The van der Waals surface area contributed by atoms with E-state index in [4.69, 9.17) is 10.00 Å². The van der Waals surface area contributed by atoms with Crippen molar-refractivity contribution in [3.8, 4) is 11.8 Å². The Morgan fingerprint density at radius 2 is 1.37 bits per heavy atom. The average Bonchev–Trinajstić information content (AvgIpc) is 3.48. The van der Waals surface area contributed by atoms with E-state index in [0.717, 1.165) is 4.90 Å². The van der Waals surface area contributed by atoms with Crippen molar-refractivity contribution in [3.63, 3.8) is 0 Å². The number of carbonyl (C=O) groups is 6. The van der Waals surface area contributed by atoms with Gasteiger partial charge in [0, 0.05) is 76.9 Å². The summed E-state index contributed by atoms with van der Waals surface area (Å²) in [5.74, 6) is -7.71. The Hall–Kier alpha value is -5.56. The van der Waals surface area contributed by atoms with Crippen molar-refractivity contribution >= 4 is 46.5 Å². The summed E-state index contributed by atoms with van der Waals surface area (Å²) in [5, 5.41) is 43.0. The summed E-state index contributed by atoms with van der Waals surface area (Å²) >= 11 is 0. The standard InChI is InChI=1S/C36H47F2N9O10/c37-36(38)17-25(18-39)47(24-36)31(49)19-42-35(56)27-4-6-40-29-3-2-26(16-28(27)29)57-15-1-5-41-30(48)20-43-7-9-44(21-32(50)51)11-13-46(23-34(54)55)14-12-45(10-8-43)22-33(52)53/h2-4,6,16,25H,1,5,7-15,17,19-24H2,(H,41,48)(H,42,56)(H,50,51)(H,52,53)(H,54,55)/t25-/m0/s1. The third-order valence-corrected chi connectivity index (χ3v) is 9.38. The predicted octanol–water partition coefficient (Wildman–Crippen LogP) is -0.915. The van der Waals surface area contributed by atoms with Crippen LogP contribution >= 0.6 is 0 Å². The van der Waals surface area contributed by atoms with Crippen molar-refractivity contribution in [1.29, 1.82) is 5.26 Å². The van der Waals surface area contributed by atoms with Crippen LogP contribution in [0.1, 0.15) is 23.2 Å². The lowest BCUT2D eigenvalue weighted by Crippen LogP contribution is -2.49. The van der Waals surface area contributed by atoms with Gasteiger partial charge < -0.3 is 35.6 Å². The molecule has 2 fully saturated rings. The number of likely N-dealkylation sites (tertiary alicyclic amines) is 1. The predicted molar refractivity (Wildman–Crippen MR) is 197 cm³/mol. The number of hydrogen-bond acceptors (Lipinski definition) is 13. The molecule has 4 rings (SSSR count). The highest BCUT2D eigenvalue weighted by Gasteiger charge is 2.47. The summed E-state index contributed by atoms with van der Waals surface area (Å²) in [6.07, 6.45) is 1.04. The molecule has 3 heterocycles. The Balaban J connectivity index is 1.28. The van der Waals surface area contributed by atoms with Crippen LogP contribution in [0.15, 0.2) is 30.5 Å². The van der Waals surface area contributed by atoms with Crippen LogP contribution in [0.5, 0.6) is 5.75 Å². The van der Waals surface area contributed by atoms with Crippen molar-refractivity contribution in [2.45, 2.75) is 24.8 Å². The summed E-state index contributed by atoms with van der Waals surface area (Å²) in [5.41, 5.74) is 0.615. The molecule has 0 saturated carbocycles. The fraction of sp³-hybridized carbons (Fsp3) is 0.556. The SMILES string of the molecule is N#C[C@@H]1CC(F)(F)CN1C(=O)CNC(=O)c1ccnc2ccc(OCCCNC(=O)CN3CCN(CC(=O)O)CCN(CC(=O)O)CCN(CC(=O)O)CC3)cc12. The number of carboxylic acid groups (broad SMARTS) is 3. The van der Waals surface area contributed by atoms with Crippen molar-refractivity contribution in [2.75, 3.05) is 105 Å². The molecule has 0 bridgehead atoms. The number of nitrogens with one attached hydrogen (secondary N) is 2. The van der Waals surface area contributed by atoms with Gasteiger partial charge in [0.25, 0.3) is 11.8 Å². The van der Waals surface area contributed by atoms with Gasteiger partial charge in [0.2, 0.25) is 11.8 Å². The second-order valence-corrected chi connectivity index (χ2v) is 13.8. The first kappa shape index (κ1) is 44.2. The van der Waals surface area contributed by atoms with E-state index in [1.165, 1.54) is 12.3 Å². The number of halogens is 2. The second kappa shape index (κ2) is 21.1. The second-order valence-electron chi connectivity index (χ2n) is 13.8. The molecular formula is C36H47F2N9O10. The molecule has 1 aromatic carbocycles. The van der Waals surface area contributed by atoms with Gasteiger partial charge in [-0.1, -0.05) is 0 Å². The van der Waals surface area contributed by atoms with Crippen LogP contribution in [0, 0.1) is 11.3 Å². The summed E-state index contributed by atoms with van der Waals surface area (Å²) in [6, 6.07) is 6.72. The summed E-state index contributed by atoms with van der Waals surface area (Å²) < 4.78 is 33.4. The largest absolute Gasteiger partial charge is 0.494 e. The number of aromatic nitrogens is 1. The number of amides is 3. The number of aliphatic carboxylic acids is 3. The molecular weight excluding hydrogens is 756 g/mol. The normalized spacial score (nSPS) is 18.8. The lowest BCUT2D eigenvalue weighted by Gasteiger charge is -2.32. The van der Waals surface area contributed by atoms with E-state index in [-0.39, 0.29) is 90.1 Å². The maximum Gasteiger partial charge on any atom is 0.317 e. The minimum atomic E-state index is -3.18.